The summed E-state index contributed by atoms with van der Waals surface area (Å²) in [6, 6.07) is 0. The third-order valence-electron chi connectivity index (χ3n) is 2.77. The second kappa shape index (κ2) is 6.48. The van der Waals surface area contributed by atoms with Crippen LogP contribution in [0.1, 0.15) is 47.0 Å². The molecule has 0 radical (unpaired) electrons. The van der Waals surface area contributed by atoms with Gasteiger partial charge in [-0.1, -0.05) is 33.3 Å². The second-order valence-corrected chi connectivity index (χ2v) is 7.54. The fraction of sp³-hybridized carbons (Fsp3) is 0.786. The number of ether oxygens (including phenoxy) is 1. The predicted molar refractivity (Wildman–Crippen MR) is 74.2 cm³/mol. The van der Waals surface area contributed by atoms with Gasteiger partial charge in [0.2, 0.25) is 0 Å². The van der Waals surface area contributed by atoms with Gasteiger partial charge in [-0.15, -0.1) is 0 Å². The van der Waals surface area contributed by atoms with Crippen molar-refractivity contribution in [3.63, 3.8) is 0 Å². The molecule has 0 saturated heterocycles. The van der Waals surface area contributed by atoms with E-state index in [4.69, 9.17) is 4.74 Å². The molecule has 0 aromatic heterocycles. The summed E-state index contributed by atoms with van der Waals surface area (Å²) < 4.78 is 5.20. The highest BCUT2D eigenvalue weighted by Gasteiger charge is 2.29. The van der Waals surface area contributed by atoms with Crippen LogP contribution in [-0.2, 0) is 9.53 Å². The summed E-state index contributed by atoms with van der Waals surface area (Å²) >= 11 is 2.03. The van der Waals surface area contributed by atoms with Gasteiger partial charge in [-0.3, -0.25) is 0 Å². The molecule has 0 aromatic carbocycles. The van der Waals surface area contributed by atoms with Crippen molar-refractivity contribution in [2.75, 3.05) is 6.61 Å². The quantitative estimate of drug-likeness (QED) is 0.565. The van der Waals surface area contributed by atoms with E-state index in [0.29, 0.717) is 22.5 Å². The lowest BCUT2D eigenvalue weighted by molar-refractivity contribution is -0.137. The number of thioether (sulfide) groups is 1. The van der Waals surface area contributed by atoms with Crippen LogP contribution in [0.25, 0.3) is 0 Å². The summed E-state index contributed by atoms with van der Waals surface area (Å²) in [4.78, 5) is 11.3. The van der Waals surface area contributed by atoms with Crippen LogP contribution in [0.2, 0.25) is 0 Å². The smallest absolute Gasteiger partial charge is 0.330 e. The Morgan fingerprint density at radius 1 is 1.41 bits per heavy atom. The van der Waals surface area contributed by atoms with Crippen molar-refractivity contribution in [1.82, 2.24) is 0 Å². The van der Waals surface area contributed by atoms with E-state index in [1.165, 1.54) is 19.3 Å². The van der Waals surface area contributed by atoms with Gasteiger partial charge in [-0.05, 0) is 25.7 Å². The van der Waals surface area contributed by atoms with Gasteiger partial charge in [0, 0.05) is 16.1 Å². The van der Waals surface area contributed by atoms with E-state index in [1.807, 2.05) is 18.7 Å². The Morgan fingerprint density at radius 3 is 2.71 bits per heavy atom. The molecule has 0 aromatic rings. The molecule has 0 amide bonds. The molecule has 1 rings (SSSR count). The predicted octanol–water partition coefficient (Wildman–Crippen LogP) is 3.81. The van der Waals surface area contributed by atoms with E-state index in [-0.39, 0.29) is 5.97 Å². The Balaban J connectivity index is 2.49. The molecular formula is C14H24O2S. The van der Waals surface area contributed by atoms with Gasteiger partial charge in [-0.2, -0.15) is 11.8 Å². The van der Waals surface area contributed by atoms with Gasteiger partial charge >= 0.3 is 5.97 Å². The SMILES string of the molecule is CCOC(=O)/C=C/C1CCCC1SC(C)(C)C. The van der Waals surface area contributed by atoms with Crippen LogP contribution in [-0.4, -0.2) is 22.6 Å². The topological polar surface area (TPSA) is 26.3 Å². The summed E-state index contributed by atoms with van der Waals surface area (Å²) in [5, 5.41) is 0.653. The number of rotatable bonds is 4. The van der Waals surface area contributed by atoms with E-state index in [0.717, 1.165) is 0 Å². The Kier molecular flexibility index (Phi) is 5.57. The first-order valence-electron chi connectivity index (χ1n) is 6.45. The van der Waals surface area contributed by atoms with Crippen LogP contribution in [0.5, 0.6) is 0 Å². The zero-order valence-electron chi connectivity index (χ0n) is 11.4. The van der Waals surface area contributed by atoms with Crippen LogP contribution in [0.4, 0.5) is 0 Å². The molecule has 1 fully saturated rings. The molecule has 98 valence electrons. The minimum Gasteiger partial charge on any atom is -0.463 e. The first-order valence-corrected chi connectivity index (χ1v) is 7.33. The highest BCUT2D eigenvalue weighted by Crippen LogP contribution is 2.41. The summed E-state index contributed by atoms with van der Waals surface area (Å²) in [7, 11) is 0. The number of carbonyl (C=O) groups excluding carboxylic acids is 1. The second-order valence-electron chi connectivity index (χ2n) is 5.47. The average molecular weight is 256 g/mol. The molecule has 0 bridgehead atoms. The lowest BCUT2D eigenvalue weighted by Gasteiger charge is -2.25. The summed E-state index contributed by atoms with van der Waals surface area (Å²) in [5.74, 6) is 0.322. The first kappa shape index (κ1) is 14.6. The first-order chi connectivity index (χ1) is 7.92. The van der Waals surface area contributed by atoms with Crippen molar-refractivity contribution < 1.29 is 9.53 Å². The molecule has 0 aliphatic heterocycles. The van der Waals surface area contributed by atoms with Crippen LogP contribution >= 0.6 is 11.8 Å². The van der Waals surface area contributed by atoms with Crippen molar-refractivity contribution in [2.45, 2.75) is 57.0 Å². The van der Waals surface area contributed by atoms with E-state index < -0.39 is 0 Å². The standard InChI is InChI=1S/C14H24O2S/c1-5-16-13(15)10-9-11-7-6-8-12(11)17-14(2,3)4/h9-12H,5-8H2,1-4H3/b10-9+. The third kappa shape index (κ3) is 5.62. The maximum absolute atomic E-state index is 11.3. The van der Waals surface area contributed by atoms with E-state index in [9.17, 15) is 4.79 Å². The number of hydrogen-bond acceptors (Lipinski definition) is 3. The lowest BCUT2D eigenvalue weighted by Crippen LogP contribution is -2.18. The minimum absolute atomic E-state index is 0.209. The molecule has 0 spiro atoms. The van der Waals surface area contributed by atoms with Crippen LogP contribution in [0, 0.1) is 5.92 Å². The Morgan fingerprint density at radius 2 is 2.12 bits per heavy atom. The van der Waals surface area contributed by atoms with Gasteiger partial charge in [-0.25, -0.2) is 4.79 Å². The van der Waals surface area contributed by atoms with E-state index in [2.05, 4.69) is 26.8 Å². The Hall–Kier alpha value is -0.440. The number of allylic oxidation sites excluding steroid dienone is 1. The molecule has 17 heavy (non-hydrogen) atoms. The highest BCUT2D eigenvalue weighted by atomic mass is 32.2. The van der Waals surface area contributed by atoms with Crippen molar-refractivity contribution in [2.24, 2.45) is 5.92 Å². The fourth-order valence-corrected chi connectivity index (χ4v) is 3.76. The van der Waals surface area contributed by atoms with Gasteiger partial charge < -0.3 is 4.74 Å². The van der Waals surface area contributed by atoms with E-state index >= 15 is 0 Å². The number of carbonyl (C=O) groups is 1. The molecule has 2 unspecified atom stereocenters. The zero-order chi connectivity index (χ0) is 12.9. The molecule has 2 nitrogen and oxygen atoms in total. The molecule has 1 saturated carbocycles. The van der Waals surface area contributed by atoms with Gasteiger partial charge in [0.05, 0.1) is 6.61 Å². The van der Waals surface area contributed by atoms with Crippen molar-refractivity contribution in [3.8, 4) is 0 Å². The van der Waals surface area contributed by atoms with Crippen molar-refractivity contribution in [3.05, 3.63) is 12.2 Å². The number of esters is 1. The van der Waals surface area contributed by atoms with Crippen LogP contribution < -0.4 is 0 Å². The molecule has 1 aliphatic carbocycles. The largest absolute Gasteiger partial charge is 0.463 e. The third-order valence-corrected chi connectivity index (χ3v) is 4.37. The van der Waals surface area contributed by atoms with Crippen LogP contribution in [0.15, 0.2) is 12.2 Å². The number of hydrogen-bond donors (Lipinski definition) is 0. The Labute approximate surface area is 109 Å². The minimum atomic E-state index is -0.209. The van der Waals surface area contributed by atoms with Gasteiger partial charge in [0.1, 0.15) is 0 Å². The molecule has 3 heteroatoms. The summed E-state index contributed by atoms with van der Waals surface area (Å²) in [5.41, 5.74) is 0. The van der Waals surface area contributed by atoms with Gasteiger partial charge in [0.25, 0.3) is 0 Å². The fourth-order valence-electron chi connectivity index (χ4n) is 2.17. The van der Waals surface area contributed by atoms with Crippen molar-refractivity contribution in [1.29, 1.82) is 0 Å². The molecule has 0 N–H and O–H groups in total. The molecular weight excluding hydrogens is 232 g/mol. The zero-order valence-corrected chi connectivity index (χ0v) is 12.2. The van der Waals surface area contributed by atoms with Gasteiger partial charge in [0.15, 0.2) is 0 Å². The van der Waals surface area contributed by atoms with E-state index in [1.54, 1.807) is 6.08 Å². The lowest BCUT2D eigenvalue weighted by atomic mass is 10.1. The maximum atomic E-state index is 11.3. The monoisotopic (exact) mass is 256 g/mol. The summed E-state index contributed by atoms with van der Waals surface area (Å²) in [6.07, 6.45) is 7.39. The molecule has 0 heterocycles. The normalized spacial score (nSPS) is 25.4. The molecule has 2 atom stereocenters. The van der Waals surface area contributed by atoms with Crippen molar-refractivity contribution >= 4 is 17.7 Å². The maximum Gasteiger partial charge on any atom is 0.330 e. The molecule has 1 aliphatic rings. The average Bonchev–Trinajstić information content (AvgIpc) is 2.60. The highest BCUT2D eigenvalue weighted by molar-refractivity contribution is 8.01. The Bertz CT molecular complexity index is 278. The summed E-state index contributed by atoms with van der Waals surface area (Å²) in [6.45, 7) is 9.04. The van der Waals surface area contributed by atoms with Crippen LogP contribution in [0.3, 0.4) is 0 Å².